The maximum Gasteiger partial charge on any atom is 0.197 e. The summed E-state index contributed by atoms with van der Waals surface area (Å²) in [6, 6.07) is 3.14. The van der Waals surface area contributed by atoms with E-state index < -0.39 is 5.82 Å². The number of rotatable bonds is 2. The van der Waals surface area contributed by atoms with Crippen LogP contribution in [0, 0.1) is 11.7 Å². The molecule has 2 aliphatic heterocycles. The number of fused-ring (bicyclic) bond motifs is 3. The third kappa shape index (κ3) is 1.88. The molecule has 20 heavy (non-hydrogen) atoms. The molecule has 0 spiro atoms. The summed E-state index contributed by atoms with van der Waals surface area (Å²) >= 11 is 0. The van der Waals surface area contributed by atoms with Crippen LogP contribution in [0.25, 0.3) is 0 Å². The van der Waals surface area contributed by atoms with E-state index >= 15 is 0 Å². The number of benzene rings is 1. The lowest BCUT2D eigenvalue weighted by molar-refractivity contribution is 0.0935. The molecule has 4 nitrogen and oxygen atoms in total. The van der Waals surface area contributed by atoms with E-state index in [1.807, 2.05) is 4.90 Å². The van der Waals surface area contributed by atoms with E-state index in [0.717, 1.165) is 24.9 Å². The molecule has 0 amide bonds. The standard InChI is InChI=1S/C15H18FN3O/c1-8(2)14(20)9-6-10-12(7-11(9)16)18-15(17)19-5-3-4-13(10)19/h6-8,13H,3-5H2,1-2H3,(H2,17,18). The van der Waals surface area contributed by atoms with Crippen molar-refractivity contribution in [1.82, 2.24) is 4.90 Å². The molecular weight excluding hydrogens is 257 g/mol. The Kier molecular flexibility index (Phi) is 3.00. The molecule has 5 heteroatoms. The van der Waals surface area contributed by atoms with Gasteiger partial charge in [0.05, 0.1) is 17.3 Å². The van der Waals surface area contributed by atoms with E-state index in [-0.39, 0.29) is 23.3 Å². The Morgan fingerprint density at radius 2 is 2.25 bits per heavy atom. The zero-order valence-corrected chi connectivity index (χ0v) is 11.7. The number of guanidine groups is 1. The molecule has 2 heterocycles. The highest BCUT2D eigenvalue weighted by molar-refractivity contribution is 5.98. The predicted molar refractivity (Wildman–Crippen MR) is 75.5 cm³/mol. The van der Waals surface area contributed by atoms with Crippen LogP contribution in [0.15, 0.2) is 17.1 Å². The number of carbonyl (C=O) groups excluding carboxylic acids is 1. The Balaban J connectivity index is 2.13. The van der Waals surface area contributed by atoms with Gasteiger partial charge in [-0.2, -0.15) is 0 Å². The summed E-state index contributed by atoms with van der Waals surface area (Å²) < 4.78 is 14.1. The fourth-order valence-electron chi connectivity index (χ4n) is 2.99. The van der Waals surface area contributed by atoms with Crippen molar-refractivity contribution in [2.45, 2.75) is 32.7 Å². The zero-order valence-electron chi connectivity index (χ0n) is 11.7. The van der Waals surface area contributed by atoms with Gasteiger partial charge in [-0.3, -0.25) is 4.79 Å². The minimum Gasteiger partial charge on any atom is -0.369 e. The predicted octanol–water partition coefficient (Wildman–Crippen LogP) is 2.76. The zero-order chi connectivity index (χ0) is 14.4. The number of ketones is 1. The Morgan fingerprint density at radius 3 is 2.95 bits per heavy atom. The molecule has 0 saturated carbocycles. The average molecular weight is 275 g/mol. The second kappa shape index (κ2) is 4.58. The van der Waals surface area contributed by atoms with Gasteiger partial charge in [-0.05, 0) is 18.9 Å². The van der Waals surface area contributed by atoms with Gasteiger partial charge >= 0.3 is 0 Å². The van der Waals surface area contributed by atoms with Gasteiger partial charge < -0.3 is 10.6 Å². The Labute approximate surface area is 117 Å². The van der Waals surface area contributed by atoms with Gasteiger partial charge in [0.25, 0.3) is 0 Å². The lowest BCUT2D eigenvalue weighted by atomic mass is 9.93. The molecule has 0 radical (unpaired) electrons. The highest BCUT2D eigenvalue weighted by Gasteiger charge is 2.34. The molecule has 1 aromatic carbocycles. The first-order valence-corrected chi connectivity index (χ1v) is 6.97. The van der Waals surface area contributed by atoms with Crippen LogP contribution >= 0.6 is 0 Å². The van der Waals surface area contributed by atoms with Crippen molar-refractivity contribution in [3.8, 4) is 0 Å². The molecule has 1 unspecified atom stereocenters. The molecule has 0 aromatic heterocycles. The van der Waals surface area contributed by atoms with Gasteiger partial charge in [-0.15, -0.1) is 0 Å². The van der Waals surface area contributed by atoms with Crippen LogP contribution in [0.3, 0.4) is 0 Å². The molecule has 3 rings (SSSR count). The summed E-state index contributed by atoms with van der Waals surface area (Å²) in [6.45, 7) is 4.42. The van der Waals surface area contributed by atoms with Crippen LogP contribution in [-0.4, -0.2) is 23.2 Å². The average Bonchev–Trinajstić information content (AvgIpc) is 2.87. The summed E-state index contributed by atoms with van der Waals surface area (Å²) in [6.07, 6.45) is 2.00. The molecule has 1 aromatic rings. The highest BCUT2D eigenvalue weighted by atomic mass is 19.1. The Bertz CT molecular complexity index is 609. The van der Waals surface area contributed by atoms with Crippen molar-refractivity contribution in [3.63, 3.8) is 0 Å². The van der Waals surface area contributed by atoms with Crippen LogP contribution in [0.4, 0.5) is 10.1 Å². The van der Waals surface area contributed by atoms with Crippen LogP contribution in [0.1, 0.15) is 48.7 Å². The molecule has 1 saturated heterocycles. The number of Topliss-reactive ketones (excluding diaryl/α,β-unsaturated/α-hetero) is 1. The topological polar surface area (TPSA) is 58.7 Å². The van der Waals surface area contributed by atoms with Crippen molar-refractivity contribution in [2.24, 2.45) is 16.6 Å². The molecule has 1 atom stereocenters. The van der Waals surface area contributed by atoms with Gasteiger partial charge in [0.15, 0.2) is 11.7 Å². The van der Waals surface area contributed by atoms with E-state index in [2.05, 4.69) is 4.99 Å². The van der Waals surface area contributed by atoms with Gasteiger partial charge in [0.1, 0.15) is 5.82 Å². The summed E-state index contributed by atoms with van der Waals surface area (Å²) in [5.74, 6) is -0.454. The molecule has 1 fully saturated rings. The van der Waals surface area contributed by atoms with Crippen molar-refractivity contribution < 1.29 is 9.18 Å². The van der Waals surface area contributed by atoms with E-state index in [1.54, 1.807) is 19.9 Å². The smallest absolute Gasteiger partial charge is 0.197 e. The van der Waals surface area contributed by atoms with Crippen LogP contribution in [0.2, 0.25) is 0 Å². The number of hydrogen-bond donors (Lipinski definition) is 1. The van der Waals surface area contributed by atoms with E-state index in [9.17, 15) is 9.18 Å². The van der Waals surface area contributed by atoms with E-state index in [4.69, 9.17) is 5.73 Å². The molecule has 106 valence electrons. The normalized spacial score (nSPS) is 20.7. The maximum atomic E-state index is 14.1. The van der Waals surface area contributed by atoms with Gasteiger partial charge in [-0.1, -0.05) is 13.8 Å². The molecule has 2 N–H and O–H groups in total. The number of nitrogens with two attached hydrogens (primary N) is 1. The first-order chi connectivity index (χ1) is 9.49. The van der Waals surface area contributed by atoms with Crippen LogP contribution < -0.4 is 5.73 Å². The summed E-state index contributed by atoms with van der Waals surface area (Å²) in [5.41, 5.74) is 7.56. The molecule has 0 bridgehead atoms. The van der Waals surface area contributed by atoms with Crippen molar-refractivity contribution in [1.29, 1.82) is 0 Å². The minimum atomic E-state index is -0.509. The third-order valence-electron chi connectivity index (χ3n) is 4.05. The number of carbonyl (C=O) groups is 1. The lowest BCUT2D eigenvalue weighted by Crippen LogP contribution is -2.38. The second-order valence-electron chi connectivity index (χ2n) is 5.73. The van der Waals surface area contributed by atoms with E-state index in [1.165, 1.54) is 6.07 Å². The largest absolute Gasteiger partial charge is 0.369 e. The maximum absolute atomic E-state index is 14.1. The van der Waals surface area contributed by atoms with Gasteiger partial charge in [0, 0.05) is 24.1 Å². The quantitative estimate of drug-likeness (QED) is 0.844. The van der Waals surface area contributed by atoms with Crippen molar-refractivity contribution >= 4 is 17.4 Å². The number of hydrogen-bond acceptors (Lipinski definition) is 4. The molecular formula is C15H18FN3O. The lowest BCUT2D eigenvalue weighted by Gasteiger charge is -2.31. The molecule has 0 aliphatic carbocycles. The number of nitrogens with zero attached hydrogens (tertiary/aromatic N) is 2. The number of aliphatic imine (C=N–C) groups is 1. The Hall–Kier alpha value is -1.91. The van der Waals surface area contributed by atoms with Gasteiger partial charge in [-0.25, -0.2) is 9.38 Å². The SMILES string of the molecule is CC(C)C(=O)c1cc2c(cc1F)N=C(N)N1CCCC21. The first kappa shape index (κ1) is 13.1. The molecule has 2 aliphatic rings. The summed E-state index contributed by atoms with van der Waals surface area (Å²) in [4.78, 5) is 18.4. The first-order valence-electron chi connectivity index (χ1n) is 6.97. The van der Waals surface area contributed by atoms with Crippen molar-refractivity contribution in [3.05, 3.63) is 29.1 Å². The highest BCUT2D eigenvalue weighted by Crippen LogP contribution is 2.41. The van der Waals surface area contributed by atoms with E-state index in [0.29, 0.717) is 11.6 Å². The van der Waals surface area contributed by atoms with Crippen molar-refractivity contribution in [2.75, 3.05) is 6.54 Å². The summed E-state index contributed by atoms with van der Waals surface area (Å²) in [7, 11) is 0. The third-order valence-corrected chi connectivity index (χ3v) is 4.05. The fraction of sp³-hybridized carbons (Fsp3) is 0.467. The monoisotopic (exact) mass is 275 g/mol. The van der Waals surface area contributed by atoms with Crippen LogP contribution in [0.5, 0.6) is 0 Å². The summed E-state index contributed by atoms with van der Waals surface area (Å²) in [5, 5.41) is 0. The Morgan fingerprint density at radius 1 is 1.50 bits per heavy atom. The van der Waals surface area contributed by atoms with Crippen LogP contribution in [-0.2, 0) is 0 Å². The van der Waals surface area contributed by atoms with Gasteiger partial charge in [0.2, 0.25) is 0 Å². The number of halogens is 1. The second-order valence-corrected chi connectivity index (χ2v) is 5.73. The minimum absolute atomic E-state index is 0.127. The fourth-order valence-corrected chi connectivity index (χ4v) is 2.99.